The molecule has 0 radical (unpaired) electrons. The third-order valence-corrected chi connectivity index (χ3v) is 4.97. The number of furan rings is 1. The number of piperidine rings is 1. The fraction of sp³-hybridized carbons (Fsp3) is 0.529. The summed E-state index contributed by atoms with van der Waals surface area (Å²) in [5.41, 5.74) is 0.393. The van der Waals surface area contributed by atoms with E-state index in [1.807, 2.05) is 24.5 Å². The third kappa shape index (κ3) is 2.73. The fourth-order valence-corrected chi connectivity index (χ4v) is 3.95. The molecule has 0 N–H and O–H groups in total. The lowest BCUT2D eigenvalue weighted by molar-refractivity contribution is 0.208. The lowest BCUT2D eigenvalue weighted by Gasteiger charge is -2.40. The summed E-state index contributed by atoms with van der Waals surface area (Å²) in [5, 5.41) is 0. The first-order chi connectivity index (χ1) is 10.8. The largest absolute Gasteiger partial charge is 0.468 e. The molecule has 0 saturated carbocycles. The maximum atomic E-state index is 5.49. The molecule has 2 aromatic rings. The van der Waals surface area contributed by atoms with Gasteiger partial charge in [-0.3, -0.25) is 4.90 Å². The van der Waals surface area contributed by atoms with Gasteiger partial charge in [0.1, 0.15) is 5.76 Å². The van der Waals surface area contributed by atoms with E-state index >= 15 is 0 Å². The van der Waals surface area contributed by atoms with Gasteiger partial charge in [-0.15, -0.1) is 0 Å². The lowest BCUT2D eigenvalue weighted by atomic mass is 9.79. The maximum Gasteiger partial charge on any atom is 0.225 e. The lowest BCUT2D eigenvalue weighted by Crippen LogP contribution is -2.45. The van der Waals surface area contributed by atoms with Crippen molar-refractivity contribution in [2.75, 3.05) is 31.1 Å². The summed E-state index contributed by atoms with van der Waals surface area (Å²) < 4.78 is 5.49. The molecule has 22 heavy (non-hydrogen) atoms. The summed E-state index contributed by atoms with van der Waals surface area (Å²) in [6, 6.07) is 5.91. The smallest absolute Gasteiger partial charge is 0.225 e. The van der Waals surface area contributed by atoms with Gasteiger partial charge in [-0.1, -0.05) is 0 Å². The number of nitrogens with zero attached hydrogens (tertiary/aromatic N) is 4. The molecule has 116 valence electrons. The Morgan fingerprint density at radius 1 is 1.09 bits per heavy atom. The predicted molar refractivity (Wildman–Crippen MR) is 84.5 cm³/mol. The zero-order valence-corrected chi connectivity index (χ0v) is 12.8. The van der Waals surface area contributed by atoms with E-state index in [-0.39, 0.29) is 0 Å². The number of aromatic nitrogens is 2. The van der Waals surface area contributed by atoms with Crippen LogP contribution < -0.4 is 4.90 Å². The van der Waals surface area contributed by atoms with Crippen LogP contribution >= 0.6 is 0 Å². The molecule has 0 amide bonds. The van der Waals surface area contributed by atoms with Crippen molar-refractivity contribution in [1.82, 2.24) is 14.9 Å². The van der Waals surface area contributed by atoms with Crippen molar-refractivity contribution in [3.8, 4) is 0 Å². The SMILES string of the molecule is c1cnc(N2CCC[C@]3(CCN(Cc4ccco4)C3)C2)nc1. The van der Waals surface area contributed by atoms with Gasteiger partial charge in [-0.25, -0.2) is 9.97 Å². The first kappa shape index (κ1) is 13.8. The molecule has 2 aromatic heterocycles. The van der Waals surface area contributed by atoms with Gasteiger partial charge in [0.25, 0.3) is 0 Å². The summed E-state index contributed by atoms with van der Waals surface area (Å²) in [4.78, 5) is 13.7. The van der Waals surface area contributed by atoms with Gasteiger partial charge in [0.05, 0.1) is 12.8 Å². The molecule has 1 atom stereocenters. The topological polar surface area (TPSA) is 45.4 Å². The molecule has 0 unspecified atom stereocenters. The zero-order valence-electron chi connectivity index (χ0n) is 12.8. The molecular formula is C17H22N4O. The molecule has 2 aliphatic rings. The predicted octanol–water partition coefficient (Wildman–Crippen LogP) is 2.56. The standard InChI is InChI=1S/C17H22N4O/c1-4-15(22-11-1)12-20-10-6-17(13-20)5-2-9-21(14-17)16-18-7-3-8-19-16/h1,3-4,7-8,11H,2,5-6,9-10,12-14H2/t17-/m1/s1. The molecule has 4 rings (SSSR count). The Kier molecular flexibility index (Phi) is 3.58. The van der Waals surface area contributed by atoms with Crippen LogP contribution in [0.5, 0.6) is 0 Å². The van der Waals surface area contributed by atoms with E-state index in [1.165, 1.54) is 19.3 Å². The van der Waals surface area contributed by atoms with Crippen LogP contribution in [-0.4, -0.2) is 41.0 Å². The quantitative estimate of drug-likeness (QED) is 0.871. The van der Waals surface area contributed by atoms with E-state index in [1.54, 1.807) is 6.26 Å². The van der Waals surface area contributed by atoms with Gasteiger partial charge in [-0.2, -0.15) is 0 Å². The second kappa shape index (κ2) is 5.72. The van der Waals surface area contributed by atoms with Crippen LogP contribution in [0.3, 0.4) is 0 Å². The highest BCUT2D eigenvalue weighted by atomic mass is 16.3. The van der Waals surface area contributed by atoms with E-state index in [9.17, 15) is 0 Å². The Balaban J connectivity index is 1.43. The molecule has 1 spiro atoms. The van der Waals surface area contributed by atoms with E-state index < -0.39 is 0 Å². The van der Waals surface area contributed by atoms with E-state index in [0.717, 1.165) is 44.4 Å². The molecule has 0 aromatic carbocycles. The van der Waals surface area contributed by atoms with Gasteiger partial charge in [0.2, 0.25) is 5.95 Å². The van der Waals surface area contributed by atoms with Crippen molar-refractivity contribution in [2.24, 2.45) is 5.41 Å². The average Bonchev–Trinajstić information content (AvgIpc) is 3.20. The minimum Gasteiger partial charge on any atom is -0.468 e. The van der Waals surface area contributed by atoms with Crippen LogP contribution in [0.1, 0.15) is 25.0 Å². The van der Waals surface area contributed by atoms with Crippen molar-refractivity contribution in [2.45, 2.75) is 25.8 Å². The molecule has 5 nitrogen and oxygen atoms in total. The van der Waals surface area contributed by atoms with Crippen molar-refractivity contribution in [1.29, 1.82) is 0 Å². The molecule has 4 heterocycles. The fourth-order valence-electron chi connectivity index (χ4n) is 3.95. The van der Waals surface area contributed by atoms with Crippen LogP contribution in [0.15, 0.2) is 41.3 Å². The van der Waals surface area contributed by atoms with Crippen LogP contribution in [-0.2, 0) is 6.54 Å². The number of hydrogen-bond acceptors (Lipinski definition) is 5. The van der Waals surface area contributed by atoms with E-state index in [0.29, 0.717) is 5.41 Å². The second-order valence-electron chi connectivity index (χ2n) is 6.61. The highest BCUT2D eigenvalue weighted by molar-refractivity contribution is 5.30. The Morgan fingerprint density at radius 2 is 2.00 bits per heavy atom. The van der Waals surface area contributed by atoms with Gasteiger partial charge in [0.15, 0.2) is 0 Å². The highest BCUT2D eigenvalue weighted by Gasteiger charge is 2.41. The zero-order chi connectivity index (χ0) is 14.8. The maximum absolute atomic E-state index is 5.49. The van der Waals surface area contributed by atoms with Gasteiger partial charge >= 0.3 is 0 Å². The number of rotatable bonds is 3. The van der Waals surface area contributed by atoms with Crippen molar-refractivity contribution >= 4 is 5.95 Å². The summed E-state index contributed by atoms with van der Waals surface area (Å²) >= 11 is 0. The van der Waals surface area contributed by atoms with Crippen LogP contribution in [0.4, 0.5) is 5.95 Å². The molecular weight excluding hydrogens is 276 g/mol. The first-order valence-corrected chi connectivity index (χ1v) is 8.10. The third-order valence-electron chi connectivity index (χ3n) is 4.97. The van der Waals surface area contributed by atoms with Crippen molar-refractivity contribution < 1.29 is 4.42 Å². The summed E-state index contributed by atoms with van der Waals surface area (Å²) in [6.45, 7) is 5.38. The van der Waals surface area contributed by atoms with Crippen molar-refractivity contribution in [3.05, 3.63) is 42.6 Å². The summed E-state index contributed by atoms with van der Waals surface area (Å²) in [7, 11) is 0. The van der Waals surface area contributed by atoms with Crippen molar-refractivity contribution in [3.63, 3.8) is 0 Å². The minimum atomic E-state index is 0.393. The molecule has 2 fully saturated rings. The Bertz CT molecular complexity index is 600. The summed E-state index contributed by atoms with van der Waals surface area (Å²) in [5.74, 6) is 1.95. The van der Waals surface area contributed by atoms with Gasteiger partial charge in [-0.05, 0) is 44.0 Å². The molecule has 5 heteroatoms. The number of anilines is 1. The van der Waals surface area contributed by atoms with Gasteiger partial charge < -0.3 is 9.32 Å². The molecule has 2 saturated heterocycles. The summed E-state index contributed by atoms with van der Waals surface area (Å²) in [6.07, 6.45) is 9.23. The number of hydrogen-bond donors (Lipinski definition) is 0. The Hall–Kier alpha value is -1.88. The first-order valence-electron chi connectivity index (χ1n) is 8.10. The van der Waals surface area contributed by atoms with Crippen LogP contribution in [0.25, 0.3) is 0 Å². The molecule has 0 bridgehead atoms. The monoisotopic (exact) mass is 298 g/mol. The minimum absolute atomic E-state index is 0.393. The second-order valence-corrected chi connectivity index (χ2v) is 6.61. The highest BCUT2D eigenvalue weighted by Crippen LogP contribution is 2.40. The average molecular weight is 298 g/mol. The molecule has 2 aliphatic heterocycles. The normalized spacial score (nSPS) is 25.9. The van der Waals surface area contributed by atoms with E-state index in [4.69, 9.17) is 4.42 Å². The van der Waals surface area contributed by atoms with E-state index in [2.05, 4.69) is 25.8 Å². The Labute approximate surface area is 131 Å². The van der Waals surface area contributed by atoms with Crippen LogP contribution in [0, 0.1) is 5.41 Å². The molecule has 0 aliphatic carbocycles. The Morgan fingerprint density at radius 3 is 2.82 bits per heavy atom. The van der Waals surface area contributed by atoms with Crippen LogP contribution in [0.2, 0.25) is 0 Å². The number of likely N-dealkylation sites (tertiary alicyclic amines) is 1. The van der Waals surface area contributed by atoms with Gasteiger partial charge in [0, 0.05) is 37.4 Å².